The van der Waals surface area contributed by atoms with Crippen LogP contribution in [0.3, 0.4) is 0 Å². The minimum absolute atomic E-state index is 0.0206. The van der Waals surface area contributed by atoms with Crippen molar-refractivity contribution in [2.45, 2.75) is 120 Å². The van der Waals surface area contributed by atoms with Gasteiger partial charge in [0.15, 0.2) is 11.9 Å². The normalized spacial score (nSPS) is 34.3. The van der Waals surface area contributed by atoms with Crippen LogP contribution < -0.4 is 9.64 Å². The van der Waals surface area contributed by atoms with Crippen LogP contribution in [0.4, 0.5) is 5.69 Å². The number of hydrogen-bond donors (Lipinski definition) is 3. The van der Waals surface area contributed by atoms with E-state index in [9.17, 15) is 29.4 Å². The highest BCUT2D eigenvalue weighted by Crippen LogP contribution is 2.68. The largest absolute Gasteiger partial charge is 0.496 e. The quantitative estimate of drug-likeness (QED) is 0.0788. The van der Waals surface area contributed by atoms with Gasteiger partial charge in [0, 0.05) is 90.2 Å². The number of H-pyrrole nitrogens is 1. The lowest BCUT2D eigenvalue weighted by Crippen LogP contribution is -2.81. The van der Waals surface area contributed by atoms with Crippen molar-refractivity contribution < 1.29 is 53.1 Å². The van der Waals surface area contributed by atoms with Crippen molar-refractivity contribution in [1.82, 2.24) is 14.8 Å². The number of aromatic nitrogens is 1. The summed E-state index contributed by atoms with van der Waals surface area (Å²) in [4.78, 5) is 80.2. The fourth-order valence-corrected chi connectivity index (χ4v) is 14.1. The zero-order chi connectivity index (χ0) is 47.3. The molecule has 5 aliphatic heterocycles. The lowest BCUT2D eigenvalue weighted by molar-refractivity contribution is -0.228. The average Bonchev–Trinajstić information content (AvgIpc) is 3.97. The molecule has 6 heterocycles. The molecule has 1 saturated carbocycles. The van der Waals surface area contributed by atoms with E-state index in [-0.39, 0.29) is 29.8 Å². The third kappa shape index (κ3) is 6.31. The number of esters is 3. The van der Waals surface area contributed by atoms with Gasteiger partial charge in [-0.05, 0) is 92.3 Å². The molecule has 15 heteroatoms. The van der Waals surface area contributed by atoms with Crippen LogP contribution in [0.2, 0.25) is 0 Å². The van der Waals surface area contributed by atoms with Gasteiger partial charge in [-0.1, -0.05) is 39.8 Å². The lowest BCUT2D eigenvalue weighted by atomic mass is 9.47. The molecule has 0 radical (unpaired) electrons. The van der Waals surface area contributed by atoms with Gasteiger partial charge >= 0.3 is 17.9 Å². The van der Waals surface area contributed by atoms with Crippen LogP contribution in [0.15, 0.2) is 42.5 Å². The maximum Gasteiger partial charge on any atom is 0.344 e. The Kier molecular flexibility index (Phi) is 11.4. The molecular formula is C51H64N4O11. The summed E-state index contributed by atoms with van der Waals surface area (Å²) in [6, 6.07) is 7.48. The number of nitrogens with one attached hydrogen (secondary N) is 1. The van der Waals surface area contributed by atoms with E-state index in [4.69, 9.17) is 18.9 Å². The number of amides is 1. The molecule has 354 valence electrons. The van der Waals surface area contributed by atoms with Crippen molar-refractivity contribution in [1.29, 1.82) is 0 Å². The van der Waals surface area contributed by atoms with Crippen LogP contribution in [0.1, 0.15) is 106 Å². The topological polar surface area (TPSA) is 188 Å². The summed E-state index contributed by atoms with van der Waals surface area (Å²) in [6.45, 7) is 11.9. The van der Waals surface area contributed by atoms with Crippen molar-refractivity contribution in [2.24, 2.45) is 17.3 Å². The zero-order valence-electron chi connectivity index (χ0n) is 39.4. The molecule has 6 aliphatic rings. The minimum atomic E-state index is -2.57. The second kappa shape index (κ2) is 16.3. The van der Waals surface area contributed by atoms with Gasteiger partial charge in [0.05, 0.1) is 38.7 Å². The van der Waals surface area contributed by atoms with Crippen LogP contribution in [0.25, 0.3) is 10.9 Å². The van der Waals surface area contributed by atoms with Crippen LogP contribution in [-0.4, -0.2) is 139 Å². The van der Waals surface area contributed by atoms with E-state index in [1.807, 2.05) is 64.1 Å². The molecule has 1 aliphatic carbocycles. The predicted octanol–water partition coefficient (Wildman–Crippen LogP) is 4.75. The molecule has 2 bridgehead atoms. The minimum Gasteiger partial charge on any atom is -0.496 e. The van der Waals surface area contributed by atoms with E-state index < -0.39 is 63.5 Å². The molecule has 9 rings (SSSR count). The number of hydrogen-bond acceptors (Lipinski definition) is 13. The zero-order valence-corrected chi connectivity index (χ0v) is 39.4. The number of rotatable bonds is 11. The van der Waals surface area contributed by atoms with Crippen LogP contribution in [0.5, 0.6) is 5.75 Å². The first kappa shape index (κ1) is 46.0. The van der Waals surface area contributed by atoms with Crippen LogP contribution >= 0.6 is 0 Å². The summed E-state index contributed by atoms with van der Waals surface area (Å²) in [6.07, 6.45) is 5.81. The number of carbonyl (C=O) groups is 5. The number of Topliss-reactive ketones (excluding diaryl/α,β-unsaturated/α-hetero) is 1. The van der Waals surface area contributed by atoms with Gasteiger partial charge in [-0.15, -0.1) is 0 Å². The summed E-state index contributed by atoms with van der Waals surface area (Å²) < 4.78 is 23.8. The first-order valence-corrected chi connectivity index (χ1v) is 23.5. The van der Waals surface area contributed by atoms with Gasteiger partial charge in [-0.2, -0.15) is 0 Å². The van der Waals surface area contributed by atoms with E-state index in [1.165, 1.54) is 33.2 Å². The molecule has 15 nitrogen and oxygen atoms in total. The number of anilines is 1. The SMILES string of the molecule is CC[C@]1(O)C[C@H]2CN(CCc3c([nH]c4ccc(C(=O)CC(C)C)cc34)[C@@](C(=O)OC)(c3cc4c(cc3OC)N(C=O)C3[C@]45CCN4CC=C[C@@](CC)([C@@H](OC(C)=O)[C@]3(O)C(=O)OC)[C@H]45)C2)C1. The average molecular weight is 909 g/mol. The first-order chi connectivity index (χ1) is 31.5. The highest BCUT2D eigenvalue weighted by atomic mass is 16.6. The maximum atomic E-state index is 15.6. The highest BCUT2D eigenvalue weighted by molar-refractivity contribution is 6.02. The Balaban J connectivity index is 1.37. The predicted molar refractivity (Wildman–Crippen MR) is 244 cm³/mol. The molecule has 2 aromatic carbocycles. The number of ether oxygens (including phenoxy) is 4. The van der Waals surface area contributed by atoms with Gasteiger partial charge < -0.3 is 39.0 Å². The molecule has 66 heavy (non-hydrogen) atoms. The fourth-order valence-electron chi connectivity index (χ4n) is 14.1. The number of fused-ring (bicyclic) bond motifs is 6. The smallest absolute Gasteiger partial charge is 0.344 e. The Hall–Kier alpha value is -5.09. The molecule has 1 aromatic heterocycles. The number of benzene rings is 2. The van der Waals surface area contributed by atoms with E-state index in [0.717, 1.165) is 16.5 Å². The first-order valence-electron chi connectivity index (χ1n) is 23.5. The Labute approximate surface area is 385 Å². The third-order valence-corrected chi connectivity index (χ3v) is 16.5. The van der Waals surface area contributed by atoms with Gasteiger partial charge in [0.2, 0.25) is 12.0 Å². The summed E-state index contributed by atoms with van der Waals surface area (Å²) in [5.41, 5.74) is -3.35. The van der Waals surface area contributed by atoms with Crippen molar-refractivity contribution in [3.8, 4) is 5.75 Å². The Bertz CT molecular complexity index is 2540. The molecule has 3 fully saturated rings. The second-order valence-corrected chi connectivity index (χ2v) is 20.3. The van der Waals surface area contributed by atoms with Gasteiger partial charge in [-0.25, -0.2) is 4.79 Å². The number of carbonyl (C=O) groups excluding carboxylic acids is 5. The van der Waals surface area contributed by atoms with Crippen molar-refractivity contribution in [3.63, 3.8) is 0 Å². The molecule has 3 N–H and O–H groups in total. The molecule has 1 spiro atoms. The van der Waals surface area contributed by atoms with E-state index >= 15 is 4.79 Å². The highest BCUT2D eigenvalue weighted by Gasteiger charge is 2.81. The molecule has 10 atom stereocenters. The van der Waals surface area contributed by atoms with Gasteiger partial charge in [0.25, 0.3) is 0 Å². The Morgan fingerprint density at radius 3 is 2.36 bits per heavy atom. The van der Waals surface area contributed by atoms with Crippen molar-refractivity contribution in [2.75, 3.05) is 59.0 Å². The molecule has 3 aromatic rings. The summed E-state index contributed by atoms with van der Waals surface area (Å²) in [7, 11) is 4.03. The van der Waals surface area contributed by atoms with Crippen molar-refractivity contribution in [3.05, 3.63) is 70.4 Å². The number of ketones is 1. The third-order valence-electron chi connectivity index (χ3n) is 16.5. The fraction of sp³-hybridized carbons (Fsp3) is 0.588. The van der Waals surface area contributed by atoms with E-state index in [1.54, 1.807) is 6.07 Å². The molecule has 2 unspecified atom stereocenters. The Morgan fingerprint density at radius 2 is 1.71 bits per heavy atom. The summed E-state index contributed by atoms with van der Waals surface area (Å²) in [5.74, 6) is -2.10. The number of methoxy groups -OCH3 is 3. The molecule has 1 amide bonds. The van der Waals surface area contributed by atoms with Crippen LogP contribution in [0, 0.1) is 17.3 Å². The standard InChI is InChI=1S/C51H64N4O11/c1-9-47(61)24-31-25-50(45(59)64-7,41-33(14-18-53(26-31)27-47)34-21-32(12-13-37(34)52-41)39(58)20-29(3)4)36-22-35-38(23-40(36)63-6)55(28-56)43-49(35)16-19-54-17-11-15-48(10-2,42(49)54)44(66-30(5)57)51(43,62)46(60)65-8/h11-13,15,21-23,28-29,31,42-44,52,61-62H,9-10,14,16-20,24-27H2,1-8H3/t31-,42+,43?,44-,47+,48-,49-,50+,51+/m1/s1. The van der Waals surface area contributed by atoms with E-state index in [0.29, 0.717) is 106 Å². The van der Waals surface area contributed by atoms with Crippen LogP contribution in [-0.2, 0) is 50.6 Å². The van der Waals surface area contributed by atoms with Gasteiger partial charge in [-0.3, -0.25) is 29.0 Å². The van der Waals surface area contributed by atoms with Crippen molar-refractivity contribution >= 4 is 46.7 Å². The van der Waals surface area contributed by atoms with E-state index in [2.05, 4.69) is 14.8 Å². The van der Waals surface area contributed by atoms with Gasteiger partial charge in [0.1, 0.15) is 11.2 Å². The summed E-state index contributed by atoms with van der Waals surface area (Å²) in [5, 5.41) is 26.3. The lowest BCUT2D eigenvalue weighted by Gasteiger charge is -2.63. The number of nitrogens with zero attached hydrogens (tertiary/aromatic N) is 3. The Morgan fingerprint density at radius 1 is 0.955 bits per heavy atom. The number of aromatic amines is 1. The maximum absolute atomic E-state index is 15.6. The number of aliphatic hydroxyl groups is 2. The monoisotopic (exact) mass is 908 g/mol. The second-order valence-electron chi connectivity index (χ2n) is 20.3. The molecular weight excluding hydrogens is 845 g/mol. The number of piperidine rings is 1. The summed E-state index contributed by atoms with van der Waals surface area (Å²) >= 11 is 0. The molecule has 2 saturated heterocycles.